The average Bonchev–Trinajstić information content (AvgIpc) is 3.20. The summed E-state index contributed by atoms with van der Waals surface area (Å²) in [5.41, 5.74) is 0.831. The Hall–Kier alpha value is -3.62. The first-order chi connectivity index (χ1) is 13.6. The third kappa shape index (κ3) is 3.73. The van der Waals surface area contributed by atoms with Crippen LogP contribution in [0.4, 0.5) is 11.5 Å². The normalized spacial score (nSPS) is 15.9. The molecule has 0 saturated carbocycles. The number of anilines is 1. The van der Waals surface area contributed by atoms with Crippen LogP contribution in [0.15, 0.2) is 42.6 Å². The lowest BCUT2D eigenvalue weighted by Crippen LogP contribution is -2.48. The number of carbonyl (C=O) groups excluding carboxylic acids is 1. The fourth-order valence-corrected chi connectivity index (χ4v) is 3.12. The zero-order valence-corrected chi connectivity index (χ0v) is 15.0. The van der Waals surface area contributed by atoms with E-state index in [0.29, 0.717) is 43.5 Å². The Morgan fingerprint density at radius 2 is 1.89 bits per heavy atom. The molecule has 3 heterocycles. The molecule has 0 unspecified atom stereocenters. The molecule has 0 atom stereocenters. The molecule has 28 heavy (non-hydrogen) atoms. The molecule has 2 aliphatic heterocycles. The number of benzene rings is 1. The maximum Gasteiger partial charge on any atom is 0.287 e. The van der Waals surface area contributed by atoms with Gasteiger partial charge in [0.05, 0.1) is 4.92 Å². The molecular weight excluding hydrogens is 364 g/mol. The third-order valence-electron chi connectivity index (χ3n) is 4.67. The maximum atomic E-state index is 12.4. The van der Waals surface area contributed by atoms with E-state index < -0.39 is 4.92 Å². The monoisotopic (exact) mass is 382 g/mol. The second kappa shape index (κ2) is 7.55. The number of amides is 1. The van der Waals surface area contributed by atoms with Gasteiger partial charge in [-0.2, -0.15) is 0 Å². The molecule has 0 bridgehead atoms. The number of hydrogen-bond acceptors (Lipinski definition) is 7. The van der Waals surface area contributed by atoms with Gasteiger partial charge < -0.3 is 19.3 Å². The maximum absolute atomic E-state index is 12.4. The molecule has 1 aromatic carbocycles. The van der Waals surface area contributed by atoms with Crippen LogP contribution in [0.1, 0.15) is 5.56 Å². The van der Waals surface area contributed by atoms with Crippen molar-refractivity contribution in [1.82, 2.24) is 9.88 Å². The van der Waals surface area contributed by atoms with Crippen LogP contribution in [-0.2, 0) is 4.79 Å². The minimum absolute atomic E-state index is 0.0359. The standard InChI is InChI=1S/C19H18N4O5/c24-19(6-2-14-1-4-16-17(11-14)28-13-27-16)22-9-7-21(8-10-22)18-5-3-15(12-20-18)23(25)26/h1-6,11-12H,7-10,13H2/b6-2+. The lowest BCUT2D eigenvalue weighted by Gasteiger charge is -2.34. The van der Waals surface area contributed by atoms with Crippen LogP contribution >= 0.6 is 0 Å². The van der Waals surface area contributed by atoms with Crippen molar-refractivity contribution >= 4 is 23.5 Å². The summed E-state index contributed by atoms with van der Waals surface area (Å²) in [6, 6.07) is 8.60. The molecule has 1 saturated heterocycles. The largest absolute Gasteiger partial charge is 0.454 e. The summed E-state index contributed by atoms with van der Waals surface area (Å²) in [6.45, 7) is 2.57. The van der Waals surface area contributed by atoms with Crippen molar-refractivity contribution in [3.63, 3.8) is 0 Å². The van der Waals surface area contributed by atoms with Crippen LogP contribution in [0.2, 0.25) is 0 Å². The van der Waals surface area contributed by atoms with Gasteiger partial charge in [-0.1, -0.05) is 6.07 Å². The number of aromatic nitrogens is 1. The molecule has 1 amide bonds. The number of ether oxygens (including phenoxy) is 2. The SMILES string of the molecule is O=C(/C=C/c1ccc2c(c1)OCO2)N1CCN(c2ccc([N+](=O)[O-])cn2)CC1. The van der Waals surface area contributed by atoms with Crippen molar-refractivity contribution in [1.29, 1.82) is 0 Å². The second-order valence-corrected chi connectivity index (χ2v) is 6.39. The first kappa shape index (κ1) is 17.8. The average molecular weight is 382 g/mol. The third-order valence-corrected chi connectivity index (χ3v) is 4.67. The zero-order chi connectivity index (χ0) is 19.5. The van der Waals surface area contributed by atoms with Gasteiger partial charge in [-0.3, -0.25) is 14.9 Å². The van der Waals surface area contributed by atoms with Gasteiger partial charge in [-0.05, 0) is 29.8 Å². The smallest absolute Gasteiger partial charge is 0.287 e. The lowest BCUT2D eigenvalue weighted by atomic mass is 10.2. The molecule has 1 fully saturated rings. The highest BCUT2D eigenvalue weighted by Crippen LogP contribution is 2.32. The number of rotatable bonds is 4. The summed E-state index contributed by atoms with van der Waals surface area (Å²) >= 11 is 0. The summed E-state index contributed by atoms with van der Waals surface area (Å²) in [5, 5.41) is 10.7. The van der Waals surface area contributed by atoms with Gasteiger partial charge in [0.2, 0.25) is 12.7 Å². The van der Waals surface area contributed by atoms with Gasteiger partial charge in [-0.25, -0.2) is 4.98 Å². The fourth-order valence-electron chi connectivity index (χ4n) is 3.12. The van der Waals surface area contributed by atoms with E-state index in [2.05, 4.69) is 4.98 Å². The van der Waals surface area contributed by atoms with Crippen molar-refractivity contribution in [2.75, 3.05) is 37.9 Å². The lowest BCUT2D eigenvalue weighted by molar-refractivity contribution is -0.385. The Morgan fingerprint density at radius 3 is 2.61 bits per heavy atom. The van der Waals surface area contributed by atoms with E-state index in [4.69, 9.17) is 9.47 Å². The molecule has 9 heteroatoms. The number of carbonyl (C=O) groups is 1. The van der Waals surface area contributed by atoms with Gasteiger partial charge in [0.25, 0.3) is 5.69 Å². The number of nitro groups is 1. The number of piperazine rings is 1. The van der Waals surface area contributed by atoms with E-state index in [1.165, 1.54) is 12.3 Å². The number of pyridine rings is 1. The molecule has 2 aromatic rings. The molecule has 0 radical (unpaired) electrons. The molecule has 1 aromatic heterocycles. The number of hydrogen-bond donors (Lipinski definition) is 0. The van der Waals surface area contributed by atoms with Gasteiger partial charge in [-0.15, -0.1) is 0 Å². The fraction of sp³-hybridized carbons (Fsp3) is 0.263. The van der Waals surface area contributed by atoms with Crippen LogP contribution in [0.3, 0.4) is 0 Å². The molecule has 144 valence electrons. The van der Waals surface area contributed by atoms with Crippen molar-refractivity contribution in [3.05, 3.63) is 58.3 Å². The van der Waals surface area contributed by atoms with E-state index in [1.54, 1.807) is 23.1 Å². The minimum Gasteiger partial charge on any atom is -0.454 e. The van der Waals surface area contributed by atoms with E-state index in [9.17, 15) is 14.9 Å². The second-order valence-electron chi connectivity index (χ2n) is 6.39. The Balaban J connectivity index is 1.33. The van der Waals surface area contributed by atoms with E-state index in [-0.39, 0.29) is 18.4 Å². The van der Waals surface area contributed by atoms with Crippen molar-refractivity contribution < 1.29 is 19.2 Å². The van der Waals surface area contributed by atoms with Crippen molar-refractivity contribution in [2.45, 2.75) is 0 Å². The molecular formula is C19H18N4O5. The number of nitrogens with zero attached hydrogens (tertiary/aromatic N) is 4. The molecule has 9 nitrogen and oxygen atoms in total. The van der Waals surface area contributed by atoms with Crippen molar-refractivity contribution in [2.24, 2.45) is 0 Å². The highest BCUT2D eigenvalue weighted by Gasteiger charge is 2.21. The summed E-state index contributed by atoms with van der Waals surface area (Å²) in [4.78, 5) is 30.6. The summed E-state index contributed by atoms with van der Waals surface area (Å²) in [6.07, 6.45) is 4.56. The Bertz CT molecular complexity index is 920. The Morgan fingerprint density at radius 1 is 1.11 bits per heavy atom. The Labute approximate surface area is 160 Å². The molecule has 2 aliphatic rings. The van der Waals surface area contributed by atoms with Crippen LogP contribution in [0.25, 0.3) is 6.08 Å². The van der Waals surface area contributed by atoms with E-state index >= 15 is 0 Å². The molecule has 4 rings (SSSR count). The molecule has 0 spiro atoms. The number of fused-ring (bicyclic) bond motifs is 1. The quantitative estimate of drug-likeness (QED) is 0.454. The van der Waals surface area contributed by atoms with Gasteiger partial charge in [0, 0.05) is 38.3 Å². The van der Waals surface area contributed by atoms with Crippen LogP contribution in [0, 0.1) is 10.1 Å². The first-order valence-electron chi connectivity index (χ1n) is 8.82. The topological polar surface area (TPSA) is 98.0 Å². The van der Waals surface area contributed by atoms with Gasteiger partial charge in [0.15, 0.2) is 11.5 Å². The summed E-state index contributed by atoms with van der Waals surface area (Å²) in [7, 11) is 0. The molecule has 0 aliphatic carbocycles. The van der Waals surface area contributed by atoms with E-state index in [1.807, 2.05) is 23.1 Å². The highest BCUT2D eigenvalue weighted by molar-refractivity contribution is 5.92. The van der Waals surface area contributed by atoms with Crippen LogP contribution in [-0.4, -0.2) is 53.7 Å². The molecule has 0 N–H and O–H groups in total. The summed E-state index contributed by atoms with van der Waals surface area (Å²) < 4.78 is 10.6. The summed E-state index contributed by atoms with van der Waals surface area (Å²) in [5.74, 6) is 2.00. The minimum atomic E-state index is -0.472. The Kier molecular flexibility index (Phi) is 4.79. The van der Waals surface area contributed by atoms with Gasteiger partial charge in [0.1, 0.15) is 12.0 Å². The van der Waals surface area contributed by atoms with Crippen LogP contribution < -0.4 is 14.4 Å². The highest BCUT2D eigenvalue weighted by atomic mass is 16.7. The predicted molar refractivity (Wildman–Crippen MR) is 101 cm³/mol. The zero-order valence-electron chi connectivity index (χ0n) is 15.0. The van der Waals surface area contributed by atoms with Crippen LogP contribution in [0.5, 0.6) is 11.5 Å². The predicted octanol–water partition coefficient (Wildman–Crippen LogP) is 2.08. The first-order valence-corrected chi connectivity index (χ1v) is 8.82. The van der Waals surface area contributed by atoms with Gasteiger partial charge >= 0.3 is 0 Å². The van der Waals surface area contributed by atoms with E-state index in [0.717, 1.165) is 5.56 Å². The van der Waals surface area contributed by atoms with Crippen molar-refractivity contribution in [3.8, 4) is 11.5 Å².